The number of hydrogen-bond donors (Lipinski definition) is 0. The zero-order valence-corrected chi connectivity index (χ0v) is 29.0. The summed E-state index contributed by atoms with van der Waals surface area (Å²) in [5.74, 6) is 1.89. The number of hydrogen-bond acceptors (Lipinski definition) is 4. The van der Waals surface area contributed by atoms with Crippen molar-refractivity contribution in [2.75, 3.05) is 0 Å². The Balaban J connectivity index is 1.18. The number of para-hydroxylation sites is 1. The van der Waals surface area contributed by atoms with Gasteiger partial charge >= 0.3 is 0 Å². The predicted molar refractivity (Wildman–Crippen MR) is 220 cm³/mol. The highest BCUT2D eigenvalue weighted by molar-refractivity contribution is 6.30. The first-order valence-electron chi connectivity index (χ1n) is 18.1. The van der Waals surface area contributed by atoms with Gasteiger partial charge in [0.2, 0.25) is 0 Å². The molecule has 252 valence electrons. The first-order valence-corrected chi connectivity index (χ1v) is 18.1. The molecule has 6 heteroatoms. The van der Waals surface area contributed by atoms with Gasteiger partial charge in [-0.2, -0.15) is 5.10 Å². The van der Waals surface area contributed by atoms with Crippen molar-refractivity contribution in [3.63, 3.8) is 0 Å². The van der Waals surface area contributed by atoms with Crippen molar-refractivity contribution in [2.24, 2.45) is 0 Å². The molecule has 0 atom stereocenters. The van der Waals surface area contributed by atoms with Crippen molar-refractivity contribution < 1.29 is 0 Å². The fourth-order valence-electron chi connectivity index (χ4n) is 7.97. The molecule has 6 nitrogen and oxygen atoms in total. The third-order valence-corrected chi connectivity index (χ3v) is 10.4. The van der Waals surface area contributed by atoms with E-state index in [1.807, 2.05) is 77.6 Å². The molecule has 0 fully saturated rings. The van der Waals surface area contributed by atoms with E-state index >= 15 is 0 Å². The standard InChI is InChI=1S/C48H30N6/c1-4-14-32(15-5-1)46-50-47(33-16-6-2-7-17-33)52-48(51-46)34-18-12-21-36(29-34)53-42-26-25-38-37-22-11-10-13-31(37)23-24-39(38)44(42)45-40-30-49-54(35-19-8-3-9-20-35)41(40)27-28-43(45)53/h1-30H. The van der Waals surface area contributed by atoms with Gasteiger partial charge < -0.3 is 4.57 Å². The molecule has 0 saturated carbocycles. The van der Waals surface area contributed by atoms with Crippen LogP contribution in [0.2, 0.25) is 0 Å². The van der Waals surface area contributed by atoms with E-state index in [1.165, 1.54) is 32.3 Å². The molecule has 0 bridgehead atoms. The van der Waals surface area contributed by atoms with Crippen molar-refractivity contribution in [1.82, 2.24) is 29.3 Å². The van der Waals surface area contributed by atoms with Crippen molar-refractivity contribution in [1.29, 1.82) is 0 Å². The fraction of sp³-hybridized carbons (Fsp3) is 0. The largest absolute Gasteiger partial charge is 0.309 e. The SMILES string of the molecule is c1ccc(-c2nc(-c3ccccc3)nc(-c3cccc(-n4c5ccc6c7ccccc7ccc6c5c5c6cnn(-c7ccccc7)c6ccc54)c3)n2)cc1. The van der Waals surface area contributed by atoms with Crippen molar-refractivity contribution in [3.8, 4) is 45.5 Å². The first kappa shape index (κ1) is 30.2. The minimum Gasteiger partial charge on any atom is -0.309 e. The van der Waals surface area contributed by atoms with E-state index in [0.717, 1.165) is 50.0 Å². The Kier molecular flexibility index (Phi) is 6.75. The second-order valence-electron chi connectivity index (χ2n) is 13.5. The Hall–Kier alpha value is -7.44. The van der Waals surface area contributed by atoms with Crippen LogP contribution in [-0.2, 0) is 0 Å². The quantitative estimate of drug-likeness (QED) is 0.169. The minimum absolute atomic E-state index is 0.619. The lowest BCUT2D eigenvalue weighted by molar-refractivity contribution is 0.911. The van der Waals surface area contributed by atoms with Crippen molar-refractivity contribution in [2.45, 2.75) is 0 Å². The molecule has 0 radical (unpaired) electrons. The van der Waals surface area contributed by atoms with Gasteiger partial charge in [-0.1, -0.05) is 133 Å². The third-order valence-electron chi connectivity index (χ3n) is 10.4. The third kappa shape index (κ3) is 4.74. The molecule has 3 heterocycles. The van der Waals surface area contributed by atoms with Crippen LogP contribution in [0.4, 0.5) is 0 Å². The van der Waals surface area contributed by atoms with Gasteiger partial charge in [-0.3, -0.25) is 0 Å². The second-order valence-corrected chi connectivity index (χ2v) is 13.5. The second kappa shape index (κ2) is 12.1. The van der Waals surface area contributed by atoms with Gasteiger partial charge in [0, 0.05) is 38.5 Å². The van der Waals surface area contributed by atoms with E-state index in [2.05, 4.69) is 114 Å². The average Bonchev–Trinajstić information content (AvgIpc) is 3.84. The van der Waals surface area contributed by atoms with Gasteiger partial charge in [0.05, 0.1) is 28.4 Å². The van der Waals surface area contributed by atoms with E-state index in [9.17, 15) is 0 Å². The Labute approximate surface area is 310 Å². The van der Waals surface area contributed by atoms with Gasteiger partial charge in [-0.15, -0.1) is 0 Å². The van der Waals surface area contributed by atoms with Crippen LogP contribution >= 0.6 is 0 Å². The highest BCUT2D eigenvalue weighted by Gasteiger charge is 2.21. The molecule has 0 spiro atoms. The highest BCUT2D eigenvalue weighted by atomic mass is 15.3. The first-order chi connectivity index (χ1) is 26.8. The number of rotatable bonds is 5. The zero-order chi connectivity index (χ0) is 35.6. The van der Waals surface area contributed by atoms with Crippen molar-refractivity contribution in [3.05, 3.63) is 182 Å². The monoisotopic (exact) mass is 690 g/mol. The number of benzene rings is 8. The Morgan fingerprint density at radius 1 is 0.352 bits per heavy atom. The average molecular weight is 691 g/mol. The van der Waals surface area contributed by atoms with Crippen LogP contribution in [0.1, 0.15) is 0 Å². The normalized spacial score (nSPS) is 11.7. The summed E-state index contributed by atoms with van der Waals surface area (Å²) in [6, 6.07) is 61.2. The van der Waals surface area contributed by atoms with Gasteiger partial charge in [-0.05, 0) is 64.0 Å². The van der Waals surface area contributed by atoms with Crippen LogP contribution in [0.5, 0.6) is 0 Å². The lowest BCUT2D eigenvalue weighted by atomic mass is 9.97. The molecule has 0 aliphatic carbocycles. The molecule has 0 saturated heterocycles. The number of aromatic nitrogens is 6. The maximum Gasteiger partial charge on any atom is 0.164 e. The van der Waals surface area contributed by atoms with Gasteiger partial charge in [-0.25, -0.2) is 19.6 Å². The topological polar surface area (TPSA) is 61.4 Å². The number of nitrogens with zero attached hydrogens (tertiary/aromatic N) is 6. The summed E-state index contributed by atoms with van der Waals surface area (Å²) in [7, 11) is 0. The number of fused-ring (bicyclic) bond motifs is 9. The van der Waals surface area contributed by atoms with Gasteiger partial charge in [0.1, 0.15) is 0 Å². The molecule has 54 heavy (non-hydrogen) atoms. The molecule has 11 rings (SSSR count). The van der Waals surface area contributed by atoms with E-state index in [0.29, 0.717) is 17.5 Å². The van der Waals surface area contributed by atoms with Crippen LogP contribution in [0.15, 0.2) is 182 Å². The van der Waals surface area contributed by atoms with Crippen LogP contribution in [-0.4, -0.2) is 29.3 Å². The molecule has 8 aromatic carbocycles. The highest BCUT2D eigenvalue weighted by Crippen LogP contribution is 2.42. The predicted octanol–water partition coefficient (Wildman–Crippen LogP) is 11.6. The fourth-order valence-corrected chi connectivity index (χ4v) is 7.97. The molecular weight excluding hydrogens is 661 g/mol. The van der Waals surface area contributed by atoms with E-state index in [-0.39, 0.29) is 0 Å². The molecule has 0 aliphatic heterocycles. The maximum absolute atomic E-state index is 5.05. The summed E-state index contributed by atoms with van der Waals surface area (Å²) in [6.07, 6.45) is 2.02. The molecular formula is C48H30N6. The summed E-state index contributed by atoms with van der Waals surface area (Å²) in [5, 5.41) is 13.3. The van der Waals surface area contributed by atoms with E-state index in [4.69, 9.17) is 20.1 Å². The zero-order valence-electron chi connectivity index (χ0n) is 29.0. The summed E-state index contributed by atoms with van der Waals surface area (Å²) < 4.78 is 4.41. The molecule has 0 N–H and O–H groups in total. The maximum atomic E-state index is 5.05. The molecule has 3 aromatic heterocycles. The smallest absolute Gasteiger partial charge is 0.164 e. The van der Waals surface area contributed by atoms with E-state index < -0.39 is 0 Å². The lowest BCUT2D eigenvalue weighted by Gasteiger charge is -2.12. The summed E-state index contributed by atoms with van der Waals surface area (Å²) >= 11 is 0. The molecule has 0 aliphatic rings. The molecule has 11 aromatic rings. The van der Waals surface area contributed by atoms with Crippen LogP contribution in [0, 0.1) is 0 Å². The molecule has 0 unspecified atom stereocenters. The van der Waals surface area contributed by atoms with Crippen LogP contribution in [0.25, 0.3) is 99.8 Å². The van der Waals surface area contributed by atoms with Crippen molar-refractivity contribution >= 4 is 54.3 Å². The van der Waals surface area contributed by atoms with Gasteiger partial charge in [0.15, 0.2) is 17.5 Å². The molecule has 0 amide bonds. The van der Waals surface area contributed by atoms with Crippen LogP contribution < -0.4 is 0 Å². The Morgan fingerprint density at radius 2 is 0.889 bits per heavy atom. The lowest BCUT2D eigenvalue weighted by Crippen LogP contribution is -2.01. The summed E-state index contributed by atoms with van der Waals surface area (Å²) in [6.45, 7) is 0. The minimum atomic E-state index is 0.619. The Bertz CT molecular complexity index is 3140. The van der Waals surface area contributed by atoms with E-state index in [1.54, 1.807) is 0 Å². The Morgan fingerprint density at radius 3 is 1.61 bits per heavy atom. The van der Waals surface area contributed by atoms with Crippen LogP contribution in [0.3, 0.4) is 0 Å². The summed E-state index contributed by atoms with van der Waals surface area (Å²) in [5.41, 5.74) is 8.12. The summed E-state index contributed by atoms with van der Waals surface area (Å²) in [4.78, 5) is 15.0. The van der Waals surface area contributed by atoms with Gasteiger partial charge in [0.25, 0.3) is 0 Å².